The average Bonchev–Trinajstić information content (AvgIpc) is 2.48. The molecule has 74 valence electrons. The Hall–Kier alpha value is -1.29. The van der Waals surface area contributed by atoms with Crippen LogP contribution in [0, 0.1) is 5.82 Å². The fourth-order valence-electron chi connectivity index (χ4n) is 1.35. The lowest BCUT2D eigenvalue weighted by molar-refractivity contribution is 0.341. The molecule has 1 heterocycles. The highest BCUT2D eigenvalue weighted by Crippen LogP contribution is 2.36. The van der Waals surface area contributed by atoms with E-state index in [9.17, 15) is 9.50 Å². The maximum atomic E-state index is 13.3. The Morgan fingerprint density at radius 2 is 2.29 bits per heavy atom. The summed E-state index contributed by atoms with van der Waals surface area (Å²) in [6.45, 7) is 2.27. The summed E-state index contributed by atoms with van der Waals surface area (Å²) in [5.41, 5.74) is 0. The smallest absolute Gasteiger partial charge is 0.145 e. The highest BCUT2D eigenvalue weighted by atomic mass is 32.1. The van der Waals surface area contributed by atoms with Crippen LogP contribution >= 0.6 is 11.3 Å². The standard InChI is InChI=1S/C10H9FO2S/c1-2-13-8-3-6(12)4-9-10(8)7(11)5-14-9/h3-5,12H,2H2,1H3. The first kappa shape index (κ1) is 9.27. The van der Waals surface area contributed by atoms with Gasteiger partial charge in [-0.15, -0.1) is 11.3 Å². The van der Waals surface area contributed by atoms with Gasteiger partial charge in [0.25, 0.3) is 0 Å². The second-order valence-corrected chi connectivity index (χ2v) is 3.74. The number of benzene rings is 1. The Labute approximate surface area is 84.6 Å². The van der Waals surface area contributed by atoms with Gasteiger partial charge in [-0.3, -0.25) is 0 Å². The number of phenolic OH excluding ortho intramolecular Hbond substituents is 1. The largest absolute Gasteiger partial charge is 0.508 e. The molecular weight excluding hydrogens is 203 g/mol. The molecule has 0 bridgehead atoms. The van der Waals surface area contributed by atoms with E-state index in [-0.39, 0.29) is 11.6 Å². The van der Waals surface area contributed by atoms with Gasteiger partial charge in [0.2, 0.25) is 0 Å². The number of rotatable bonds is 2. The molecule has 4 heteroatoms. The minimum Gasteiger partial charge on any atom is -0.508 e. The van der Waals surface area contributed by atoms with Gasteiger partial charge in [0.15, 0.2) is 0 Å². The molecule has 1 aromatic heterocycles. The van der Waals surface area contributed by atoms with Crippen molar-refractivity contribution in [2.45, 2.75) is 6.92 Å². The summed E-state index contributed by atoms with van der Waals surface area (Å²) < 4.78 is 19.3. The maximum Gasteiger partial charge on any atom is 0.145 e. The molecule has 0 spiro atoms. The van der Waals surface area contributed by atoms with E-state index in [4.69, 9.17) is 4.74 Å². The van der Waals surface area contributed by atoms with E-state index in [1.807, 2.05) is 6.92 Å². The first-order valence-electron chi connectivity index (χ1n) is 4.25. The van der Waals surface area contributed by atoms with Gasteiger partial charge in [-0.1, -0.05) is 0 Å². The molecule has 2 nitrogen and oxygen atoms in total. The SMILES string of the molecule is CCOc1cc(O)cc2scc(F)c12. The molecule has 0 aliphatic rings. The summed E-state index contributed by atoms with van der Waals surface area (Å²) in [7, 11) is 0. The Morgan fingerprint density at radius 1 is 1.50 bits per heavy atom. The minimum atomic E-state index is -0.298. The van der Waals surface area contributed by atoms with E-state index >= 15 is 0 Å². The lowest BCUT2D eigenvalue weighted by Gasteiger charge is -2.05. The molecule has 2 rings (SSSR count). The first-order valence-corrected chi connectivity index (χ1v) is 5.13. The number of fused-ring (bicyclic) bond motifs is 1. The van der Waals surface area contributed by atoms with Crippen molar-refractivity contribution in [3.05, 3.63) is 23.3 Å². The van der Waals surface area contributed by atoms with Crippen LogP contribution in [-0.4, -0.2) is 11.7 Å². The van der Waals surface area contributed by atoms with Crippen LogP contribution in [0.3, 0.4) is 0 Å². The minimum absolute atomic E-state index is 0.0998. The van der Waals surface area contributed by atoms with Crippen molar-refractivity contribution < 1.29 is 14.2 Å². The van der Waals surface area contributed by atoms with Crippen LogP contribution < -0.4 is 4.74 Å². The second-order valence-electron chi connectivity index (χ2n) is 2.83. The van der Waals surface area contributed by atoms with Gasteiger partial charge in [0.1, 0.15) is 17.3 Å². The number of phenols is 1. The molecule has 0 amide bonds. The predicted molar refractivity (Wildman–Crippen MR) is 54.6 cm³/mol. The molecule has 0 atom stereocenters. The third kappa shape index (κ3) is 1.42. The van der Waals surface area contributed by atoms with Gasteiger partial charge in [0, 0.05) is 16.1 Å². The summed E-state index contributed by atoms with van der Waals surface area (Å²) in [6.07, 6.45) is 0. The Balaban J connectivity index is 2.70. The van der Waals surface area contributed by atoms with Crippen LogP contribution in [0.25, 0.3) is 10.1 Å². The van der Waals surface area contributed by atoms with Gasteiger partial charge in [-0.25, -0.2) is 4.39 Å². The van der Waals surface area contributed by atoms with Crippen LogP contribution in [0.1, 0.15) is 6.92 Å². The zero-order valence-corrected chi connectivity index (χ0v) is 8.40. The average molecular weight is 212 g/mol. The number of halogens is 1. The molecule has 0 aliphatic heterocycles. The Morgan fingerprint density at radius 3 is 3.00 bits per heavy atom. The molecule has 0 aliphatic carbocycles. The zero-order chi connectivity index (χ0) is 10.1. The Bertz CT molecular complexity index is 464. The van der Waals surface area contributed by atoms with Gasteiger partial charge in [0.05, 0.1) is 12.0 Å². The number of aromatic hydroxyl groups is 1. The fraction of sp³-hybridized carbons (Fsp3) is 0.200. The molecule has 0 unspecified atom stereocenters. The van der Waals surface area contributed by atoms with Crippen molar-refractivity contribution in [2.24, 2.45) is 0 Å². The monoisotopic (exact) mass is 212 g/mol. The molecule has 0 saturated carbocycles. The number of thiophene rings is 1. The van der Waals surface area contributed by atoms with Crippen molar-refractivity contribution in [1.82, 2.24) is 0 Å². The maximum absolute atomic E-state index is 13.3. The molecule has 1 aromatic carbocycles. The zero-order valence-electron chi connectivity index (χ0n) is 7.58. The van der Waals surface area contributed by atoms with Crippen molar-refractivity contribution in [1.29, 1.82) is 0 Å². The van der Waals surface area contributed by atoms with Crippen LogP contribution in [0.4, 0.5) is 4.39 Å². The molecule has 14 heavy (non-hydrogen) atoms. The lowest BCUT2D eigenvalue weighted by atomic mass is 10.2. The van der Waals surface area contributed by atoms with Crippen LogP contribution in [0.15, 0.2) is 17.5 Å². The van der Waals surface area contributed by atoms with Crippen molar-refractivity contribution in [3.63, 3.8) is 0 Å². The summed E-state index contributed by atoms with van der Waals surface area (Å²) in [5, 5.41) is 11.2. The van der Waals surface area contributed by atoms with E-state index in [1.165, 1.54) is 28.8 Å². The van der Waals surface area contributed by atoms with E-state index in [2.05, 4.69) is 0 Å². The highest BCUT2D eigenvalue weighted by molar-refractivity contribution is 7.17. The van der Waals surface area contributed by atoms with E-state index < -0.39 is 0 Å². The van der Waals surface area contributed by atoms with Gasteiger partial charge >= 0.3 is 0 Å². The molecule has 0 fully saturated rings. The first-order chi connectivity index (χ1) is 6.72. The van der Waals surface area contributed by atoms with E-state index in [0.717, 1.165) is 0 Å². The summed E-state index contributed by atoms with van der Waals surface area (Å²) >= 11 is 1.25. The van der Waals surface area contributed by atoms with Gasteiger partial charge in [-0.05, 0) is 13.0 Å². The summed E-state index contributed by atoms with van der Waals surface area (Å²) in [4.78, 5) is 0. The molecule has 1 N–H and O–H groups in total. The second kappa shape index (κ2) is 3.46. The van der Waals surface area contributed by atoms with E-state index in [0.29, 0.717) is 22.4 Å². The molecule has 2 aromatic rings. The number of hydrogen-bond donors (Lipinski definition) is 1. The topological polar surface area (TPSA) is 29.5 Å². The van der Waals surface area contributed by atoms with Gasteiger partial charge < -0.3 is 9.84 Å². The number of hydrogen-bond acceptors (Lipinski definition) is 3. The highest BCUT2D eigenvalue weighted by Gasteiger charge is 2.11. The third-order valence-electron chi connectivity index (χ3n) is 1.88. The Kier molecular flexibility index (Phi) is 2.29. The number of ether oxygens (including phenoxy) is 1. The van der Waals surface area contributed by atoms with Crippen molar-refractivity contribution >= 4 is 21.4 Å². The third-order valence-corrected chi connectivity index (χ3v) is 2.78. The van der Waals surface area contributed by atoms with Crippen LogP contribution in [-0.2, 0) is 0 Å². The van der Waals surface area contributed by atoms with Crippen LogP contribution in [0.2, 0.25) is 0 Å². The molecular formula is C10H9FO2S. The van der Waals surface area contributed by atoms with Crippen molar-refractivity contribution in [3.8, 4) is 11.5 Å². The molecule has 0 saturated heterocycles. The summed E-state index contributed by atoms with van der Waals surface area (Å²) in [6, 6.07) is 2.97. The normalized spacial score (nSPS) is 10.7. The fourth-order valence-corrected chi connectivity index (χ4v) is 2.20. The lowest BCUT2D eigenvalue weighted by Crippen LogP contribution is -1.92. The van der Waals surface area contributed by atoms with Crippen molar-refractivity contribution in [2.75, 3.05) is 6.61 Å². The molecule has 0 radical (unpaired) electrons. The summed E-state index contributed by atoms with van der Waals surface area (Å²) in [5.74, 6) is 0.206. The predicted octanol–water partition coefficient (Wildman–Crippen LogP) is 3.14. The van der Waals surface area contributed by atoms with Crippen LogP contribution in [0.5, 0.6) is 11.5 Å². The van der Waals surface area contributed by atoms with Gasteiger partial charge in [-0.2, -0.15) is 0 Å². The quantitative estimate of drug-likeness (QED) is 0.828. The van der Waals surface area contributed by atoms with E-state index in [1.54, 1.807) is 0 Å².